The van der Waals surface area contributed by atoms with E-state index in [0.29, 0.717) is 24.0 Å². The van der Waals surface area contributed by atoms with Crippen LogP contribution in [0.4, 0.5) is 34.5 Å². The lowest BCUT2D eigenvalue weighted by molar-refractivity contribution is 0.768. The standard InChI is InChI=1S/C21H22N8/c1-29-14-19(13-25-29)27-21-24-12-15(11-23-17-7-3-2-4-8-17)20(28-21)26-18-9-5-6-16(22)10-18/h2-10,12-14,23H,11,22H2,1H3,(H2,24,26,27,28). The highest BCUT2D eigenvalue weighted by atomic mass is 15.3. The van der Waals surface area contributed by atoms with Crippen molar-refractivity contribution in [2.45, 2.75) is 6.54 Å². The summed E-state index contributed by atoms with van der Waals surface area (Å²) < 4.78 is 1.71. The van der Waals surface area contributed by atoms with Gasteiger partial charge in [0.05, 0.1) is 11.9 Å². The molecule has 29 heavy (non-hydrogen) atoms. The largest absolute Gasteiger partial charge is 0.399 e. The maximum Gasteiger partial charge on any atom is 0.229 e. The van der Waals surface area contributed by atoms with Crippen LogP contribution in [0.25, 0.3) is 0 Å². The van der Waals surface area contributed by atoms with Gasteiger partial charge in [-0.05, 0) is 30.3 Å². The first kappa shape index (κ1) is 18.3. The summed E-state index contributed by atoms with van der Waals surface area (Å²) in [6.07, 6.45) is 5.38. The van der Waals surface area contributed by atoms with Crippen LogP contribution < -0.4 is 21.7 Å². The number of hydrogen-bond donors (Lipinski definition) is 4. The van der Waals surface area contributed by atoms with Gasteiger partial charge in [-0.2, -0.15) is 10.1 Å². The lowest BCUT2D eigenvalue weighted by atomic mass is 10.2. The van der Waals surface area contributed by atoms with Gasteiger partial charge in [0.15, 0.2) is 0 Å². The zero-order chi connectivity index (χ0) is 20.1. The predicted octanol–water partition coefficient (Wildman–Crippen LogP) is 3.89. The summed E-state index contributed by atoms with van der Waals surface area (Å²) in [6, 6.07) is 17.6. The molecule has 0 aliphatic carbocycles. The zero-order valence-electron chi connectivity index (χ0n) is 16.0. The van der Waals surface area contributed by atoms with Crippen LogP contribution in [0.3, 0.4) is 0 Å². The Morgan fingerprint density at radius 3 is 2.52 bits per heavy atom. The SMILES string of the molecule is Cn1cc(Nc2ncc(CNc3ccccc3)c(Nc3cccc(N)c3)n2)cn1. The molecule has 4 aromatic rings. The van der Waals surface area contributed by atoms with Crippen LogP contribution in [-0.4, -0.2) is 19.7 Å². The van der Waals surface area contributed by atoms with Crippen LogP contribution in [0.1, 0.15) is 5.56 Å². The highest BCUT2D eigenvalue weighted by Crippen LogP contribution is 2.23. The van der Waals surface area contributed by atoms with Crippen LogP contribution in [0.15, 0.2) is 73.2 Å². The average Bonchev–Trinajstić information content (AvgIpc) is 3.13. The van der Waals surface area contributed by atoms with Crippen molar-refractivity contribution in [1.29, 1.82) is 0 Å². The van der Waals surface area contributed by atoms with Gasteiger partial charge in [0, 0.05) is 48.6 Å². The summed E-state index contributed by atoms with van der Waals surface area (Å²) in [4.78, 5) is 9.11. The molecular weight excluding hydrogens is 364 g/mol. The number of nitrogens with one attached hydrogen (secondary N) is 3. The fourth-order valence-electron chi connectivity index (χ4n) is 2.83. The molecular formula is C21H22N8. The first-order chi connectivity index (χ1) is 14.2. The second-order valence-corrected chi connectivity index (χ2v) is 6.57. The second-order valence-electron chi connectivity index (χ2n) is 6.57. The molecule has 0 spiro atoms. The van der Waals surface area contributed by atoms with E-state index in [2.05, 4.69) is 31.0 Å². The van der Waals surface area contributed by atoms with Crippen molar-refractivity contribution in [3.63, 3.8) is 0 Å². The maximum absolute atomic E-state index is 5.91. The third-order valence-electron chi connectivity index (χ3n) is 4.23. The van der Waals surface area contributed by atoms with Crippen molar-refractivity contribution in [3.8, 4) is 0 Å². The lowest BCUT2D eigenvalue weighted by Crippen LogP contribution is -2.08. The van der Waals surface area contributed by atoms with Crippen molar-refractivity contribution in [2.75, 3.05) is 21.7 Å². The molecule has 2 aromatic carbocycles. The maximum atomic E-state index is 5.91. The molecule has 0 saturated carbocycles. The zero-order valence-corrected chi connectivity index (χ0v) is 16.0. The van der Waals surface area contributed by atoms with Crippen molar-refractivity contribution < 1.29 is 0 Å². The van der Waals surface area contributed by atoms with E-state index in [0.717, 1.165) is 22.6 Å². The van der Waals surface area contributed by atoms with Gasteiger partial charge in [-0.25, -0.2) is 4.98 Å². The van der Waals surface area contributed by atoms with Gasteiger partial charge in [-0.1, -0.05) is 24.3 Å². The monoisotopic (exact) mass is 386 g/mol. The van der Waals surface area contributed by atoms with E-state index in [1.165, 1.54) is 0 Å². The van der Waals surface area contributed by atoms with Gasteiger partial charge < -0.3 is 21.7 Å². The molecule has 0 saturated heterocycles. The number of anilines is 6. The molecule has 0 bridgehead atoms. The summed E-state index contributed by atoms with van der Waals surface area (Å²) in [5.74, 6) is 1.17. The molecule has 0 radical (unpaired) electrons. The van der Waals surface area contributed by atoms with E-state index in [4.69, 9.17) is 5.73 Å². The first-order valence-corrected chi connectivity index (χ1v) is 9.19. The number of nitrogen functional groups attached to an aromatic ring is 1. The molecule has 2 heterocycles. The summed E-state index contributed by atoms with van der Waals surface area (Å²) in [6.45, 7) is 0.571. The number of hydrogen-bond acceptors (Lipinski definition) is 7. The van der Waals surface area contributed by atoms with Crippen LogP contribution >= 0.6 is 0 Å². The number of nitrogens with two attached hydrogens (primary N) is 1. The number of aryl methyl sites for hydroxylation is 1. The fraction of sp³-hybridized carbons (Fsp3) is 0.0952. The summed E-state index contributed by atoms with van der Waals surface area (Å²) in [7, 11) is 1.86. The number of aromatic nitrogens is 4. The number of rotatable bonds is 7. The number of benzene rings is 2. The summed E-state index contributed by atoms with van der Waals surface area (Å²) in [5, 5.41) is 14.1. The van der Waals surface area contributed by atoms with Crippen molar-refractivity contribution in [2.24, 2.45) is 7.05 Å². The molecule has 0 aliphatic heterocycles. The smallest absolute Gasteiger partial charge is 0.229 e. The van der Waals surface area contributed by atoms with Crippen LogP contribution in [-0.2, 0) is 13.6 Å². The van der Waals surface area contributed by atoms with Gasteiger partial charge in [0.25, 0.3) is 0 Å². The molecule has 0 fully saturated rings. The molecule has 0 amide bonds. The van der Waals surface area contributed by atoms with Crippen LogP contribution in [0.2, 0.25) is 0 Å². The Morgan fingerprint density at radius 1 is 0.931 bits per heavy atom. The Kier molecular flexibility index (Phi) is 5.24. The van der Waals surface area contributed by atoms with E-state index in [-0.39, 0.29) is 0 Å². The van der Waals surface area contributed by atoms with Gasteiger partial charge in [0.1, 0.15) is 5.82 Å². The molecule has 146 valence electrons. The Morgan fingerprint density at radius 2 is 1.76 bits per heavy atom. The van der Waals surface area contributed by atoms with E-state index in [1.54, 1.807) is 17.1 Å². The Hall–Kier alpha value is -4.07. The minimum Gasteiger partial charge on any atom is -0.399 e. The van der Waals surface area contributed by atoms with Crippen LogP contribution in [0.5, 0.6) is 0 Å². The van der Waals surface area contributed by atoms with Gasteiger partial charge in [0.2, 0.25) is 5.95 Å². The molecule has 2 aromatic heterocycles. The average molecular weight is 386 g/mol. The Bertz CT molecular complexity index is 1090. The summed E-state index contributed by atoms with van der Waals surface area (Å²) >= 11 is 0. The minimum absolute atomic E-state index is 0.480. The molecule has 8 nitrogen and oxygen atoms in total. The van der Waals surface area contributed by atoms with E-state index in [9.17, 15) is 0 Å². The summed E-state index contributed by atoms with van der Waals surface area (Å²) in [5.41, 5.74) is 10.2. The second kappa shape index (κ2) is 8.30. The van der Waals surface area contributed by atoms with Gasteiger partial charge >= 0.3 is 0 Å². The van der Waals surface area contributed by atoms with Crippen LogP contribution in [0, 0.1) is 0 Å². The van der Waals surface area contributed by atoms with Gasteiger partial charge in [-0.3, -0.25) is 4.68 Å². The first-order valence-electron chi connectivity index (χ1n) is 9.19. The third kappa shape index (κ3) is 4.81. The lowest BCUT2D eigenvalue weighted by Gasteiger charge is -2.14. The van der Waals surface area contributed by atoms with Crippen molar-refractivity contribution >= 4 is 34.5 Å². The quantitative estimate of drug-likeness (QED) is 0.357. The molecule has 0 atom stereocenters. The van der Waals surface area contributed by atoms with Crippen molar-refractivity contribution in [3.05, 3.63) is 78.8 Å². The molecule has 5 N–H and O–H groups in total. The molecule has 8 heteroatoms. The molecule has 0 unspecified atom stereocenters. The van der Waals surface area contributed by atoms with E-state index in [1.807, 2.05) is 67.8 Å². The number of nitrogens with zero attached hydrogens (tertiary/aromatic N) is 4. The topological polar surface area (TPSA) is 106 Å². The Labute approximate surface area is 168 Å². The third-order valence-corrected chi connectivity index (χ3v) is 4.23. The normalized spacial score (nSPS) is 10.5. The van der Waals surface area contributed by atoms with E-state index >= 15 is 0 Å². The van der Waals surface area contributed by atoms with Crippen molar-refractivity contribution in [1.82, 2.24) is 19.7 Å². The Balaban J connectivity index is 1.59. The fourth-order valence-corrected chi connectivity index (χ4v) is 2.83. The number of para-hydroxylation sites is 1. The predicted molar refractivity (Wildman–Crippen MR) is 116 cm³/mol. The highest BCUT2D eigenvalue weighted by Gasteiger charge is 2.09. The molecule has 4 rings (SSSR count). The minimum atomic E-state index is 0.480. The van der Waals surface area contributed by atoms with Gasteiger partial charge in [-0.15, -0.1) is 0 Å². The van der Waals surface area contributed by atoms with E-state index < -0.39 is 0 Å². The molecule has 0 aliphatic rings. The highest BCUT2D eigenvalue weighted by molar-refractivity contribution is 5.65.